The molecule has 1 aliphatic carbocycles. The Morgan fingerprint density at radius 3 is 2.70 bits per heavy atom. The molecule has 1 fully saturated rings. The van der Waals surface area contributed by atoms with Crippen molar-refractivity contribution in [2.24, 2.45) is 17.1 Å². The molecule has 2 atom stereocenters. The van der Waals surface area contributed by atoms with Gasteiger partial charge in [-0.05, 0) is 30.7 Å². The molecule has 0 radical (unpaired) electrons. The van der Waals surface area contributed by atoms with Crippen LogP contribution in [0.25, 0.3) is 0 Å². The van der Waals surface area contributed by atoms with Crippen molar-refractivity contribution in [3.63, 3.8) is 0 Å². The van der Waals surface area contributed by atoms with E-state index < -0.39 is 0 Å². The zero-order valence-corrected chi connectivity index (χ0v) is 7.19. The van der Waals surface area contributed by atoms with Crippen LogP contribution < -0.4 is 5.73 Å². The zero-order chi connectivity index (χ0) is 7.61. The first kappa shape index (κ1) is 8.06. The maximum atomic E-state index is 5.73. The normalized spacial score (nSPS) is 40.5. The Balaban J connectivity index is 2.56. The third kappa shape index (κ3) is 1.20. The van der Waals surface area contributed by atoms with Crippen LogP contribution in [0.5, 0.6) is 0 Å². The third-order valence-electron chi connectivity index (χ3n) is 3.25. The molecule has 0 saturated heterocycles. The standard InChI is InChI=1S/C9H19N/c1-3-8-5-4-6-9(8,2)7-10/h8H,3-7,10H2,1-2H3/t8-,9+/m1/s1. The van der Waals surface area contributed by atoms with Crippen LogP contribution in [0.4, 0.5) is 0 Å². The fraction of sp³-hybridized carbons (Fsp3) is 1.00. The second-order valence-electron chi connectivity index (χ2n) is 3.86. The van der Waals surface area contributed by atoms with Crippen LogP contribution >= 0.6 is 0 Å². The fourth-order valence-electron chi connectivity index (χ4n) is 2.27. The first-order valence-corrected chi connectivity index (χ1v) is 4.43. The number of hydrogen-bond donors (Lipinski definition) is 1. The van der Waals surface area contributed by atoms with Crippen molar-refractivity contribution in [2.45, 2.75) is 39.5 Å². The van der Waals surface area contributed by atoms with Crippen molar-refractivity contribution >= 4 is 0 Å². The van der Waals surface area contributed by atoms with E-state index >= 15 is 0 Å². The lowest BCUT2D eigenvalue weighted by Crippen LogP contribution is -2.30. The summed E-state index contributed by atoms with van der Waals surface area (Å²) >= 11 is 0. The molecule has 1 rings (SSSR count). The Hall–Kier alpha value is -0.0400. The summed E-state index contributed by atoms with van der Waals surface area (Å²) in [5.74, 6) is 0.900. The van der Waals surface area contributed by atoms with E-state index in [4.69, 9.17) is 5.73 Å². The Labute approximate surface area is 64.0 Å². The van der Waals surface area contributed by atoms with E-state index in [0.29, 0.717) is 5.41 Å². The summed E-state index contributed by atoms with van der Waals surface area (Å²) in [6.07, 6.45) is 5.46. The Morgan fingerprint density at radius 2 is 2.30 bits per heavy atom. The van der Waals surface area contributed by atoms with E-state index in [2.05, 4.69) is 13.8 Å². The molecule has 0 bridgehead atoms. The second kappa shape index (κ2) is 2.91. The van der Waals surface area contributed by atoms with Crippen molar-refractivity contribution in [3.05, 3.63) is 0 Å². The molecule has 0 unspecified atom stereocenters. The van der Waals surface area contributed by atoms with E-state index in [1.807, 2.05) is 0 Å². The lowest BCUT2D eigenvalue weighted by molar-refractivity contribution is 0.233. The van der Waals surface area contributed by atoms with Crippen LogP contribution in [-0.4, -0.2) is 6.54 Å². The average Bonchev–Trinajstić information content (AvgIpc) is 2.32. The summed E-state index contributed by atoms with van der Waals surface area (Å²) in [6, 6.07) is 0. The van der Waals surface area contributed by atoms with Gasteiger partial charge < -0.3 is 5.73 Å². The molecular formula is C9H19N. The molecule has 1 aliphatic rings. The summed E-state index contributed by atoms with van der Waals surface area (Å²) in [6.45, 7) is 5.50. The largest absolute Gasteiger partial charge is 0.330 e. The topological polar surface area (TPSA) is 26.0 Å². The van der Waals surface area contributed by atoms with Crippen LogP contribution in [0.3, 0.4) is 0 Å². The predicted molar refractivity (Wildman–Crippen MR) is 44.8 cm³/mol. The van der Waals surface area contributed by atoms with E-state index in [1.54, 1.807) is 0 Å². The quantitative estimate of drug-likeness (QED) is 0.626. The molecule has 0 aromatic heterocycles. The van der Waals surface area contributed by atoms with E-state index in [9.17, 15) is 0 Å². The van der Waals surface area contributed by atoms with Gasteiger partial charge in [-0.1, -0.05) is 26.7 Å². The molecule has 60 valence electrons. The smallest absolute Gasteiger partial charge is 0.00205 e. The summed E-state index contributed by atoms with van der Waals surface area (Å²) < 4.78 is 0. The fourth-order valence-corrected chi connectivity index (χ4v) is 2.27. The highest BCUT2D eigenvalue weighted by Gasteiger charge is 2.35. The Bertz CT molecular complexity index is 111. The molecule has 0 heterocycles. The van der Waals surface area contributed by atoms with Crippen molar-refractivity contribution in [1.29, 1.82) is 0 Å². The molecule has 0 amide bonds. The number of hydrogen-bond acceptors (Lipinski definition) is 1. The van der Waals surface area contributed by atoms with Gasteiger partial charge in [0.05, 0.1) is 0 Å². The van der Waals surface area contributed by atoms with E-state index in [0.717, 1.165) is 12.5 Å². The Kier molecular flexibility index (Phi) is 2.35. The summed E-state index contributed by atoms with van der Waals surface area (Å²) in [5.41, 5.74) is 6.21. The number of rotatable bonds is 2. The monoisotopic (exact) mass is 141 g/mol. The first-order valence-electron chi connectivity index (χ1n) is 4.43. The minimum absolute atomic E-state index is 0.481. The predicted octanol–water partition coefficient (Wildman–Crippen LogP) is 2.16. The van der Waals surface area contributed by atoms with Crippen molar-refractivity contribution in [2.75, 3.05) is 6.54 Å². The second-order valence-corrected chi connectivity index (χ2v) is 3.86. The molecule has 1 heteroatoms. The molecule has 0 spiro atoms. The minimum atomic E-state index is 0.481. The van der Waals surface area contributed by atoms with Crippen molar-refractivity contribution < 1.29 is 0 Å². The van der Waals surface area contributed by atoms with Gasteiger partial charge in [-0.15, -0.1) is 0 Å². The van der Waals surface area contributed by atoms with Crippen LogP contribution in [0.15, 0.2) is 0 Å². The van der Waals surface area contributed by atoms with Crippen molar-refractivity contribution in [3.8, 4) is 0 Å². The maximum absolute atomic E-state index is 5.73. The van der Waals surface area contributed by atoms with E-state index in [1.165, 1.54) is 25.7 Å². The van der Waals surface area contributed by atoms with Gasteiger partial charge in [-0.3, -0.25) is 0 Å². The van der Waals surface area contributed by atoms with Crippen LogP contribution in [0.2, 0.25) is 0 Å². The number of nitrogens with two attached hydrogens (primary N) is 1. The van der Waals surface area contributed by atoms with Gasteiger partial charge in [-0.2, -0.15) is 0 Å². The van der Waals surface area contributed by atoms with Crippen LogP contribution in [-0.2, 0) is 0 Å². The highest BCUT2D eigenvalue weighted by Crippen LogP contribution is 2.43. The zero-order valence-electron chi connectivity index (χ0n) is 7.19. The van der Waals surface area contributed by atoms with Gasteiger partial charge in [0.1, 0.15) is 0 Å². The lowest BCUT2D eigenvalue weighted by atomic mass is 9.78. The van der Waals surface area contributed by atoms with Crippen LogP contribution in [0, 0.1) is 11.3 Å². The van der Waals surface area contributed by atoms with Gasteiger partial charge in [-0.25, -0.2) is 0 Å². The van der Waals surface area contributed by atoms with Crippen LogP contribution in [0.1, 0.15) is 39.5 Å². The molecule has 2 N–H and O–H groups in total. The van der Waals surface area contributed by atoms with E-state index in [-0.39, 0.29) is 0 Å². The lowest BCUT2D eigenvalue weighted by Gasteiger charge is -2.29. The molecule has 1 nitrogen and oxygen atoms in total. The summed E-state index contributed by atoms with van der Waals surface area (Å²) in [5, 5.41) is 0. The van der Waals surface area contributed by atoms with Crippen molar-refractivity contribution in [1.82, 2.24) is 0 Å². The molecule has 1 saturated carbocycles. The summed E-state index contributed by atoms with van der Waals surface area (Å²) in [7, 11) is 0. The highest BCUT2D eigenvalue weighted by molar-refractivity contribution is 4.88. The maximum Gasteiger partial charge on any atom is -0.00205 e. The third-order valence-corrected chi connectivity index (χ3v) is 3.25. The molecule has 10 heavy (non-hydrogen) atoms. The molecule has 0 aromatic carbocycles. The van der Waals surface area contributed by atoms with Gasteiger partial charge in [0.2, 0.25) is 0 Å². The van der Waals surface area contributed by atoms with Gasteiger partial charge in [0.25, 0.3) is 0 Å². The highest BCUT2D eigenvalue weighted by atomic mass is 14.6. The first-order chi connectivity index (χ1) is 4.73. The van der Waals surface area contributed by atoms with Gasteiger partial charge in [0.15, 0.2) is 0 Å². The molecule has 0 aliphatic heterocycles. The van der Waals surface area contributed by atoms with Gasteiger partial charge in [0, 0.05) is 0 Å². The SMILES string of the molecule is CC[C@@H]1CCC[C@@]1(C)CN. The minimum Gasteiger partial charge on any atom is -0.330 e. The average molecular weight is 141 g/mol. The summed E-state index contributed by atoms with van der Waals surface area (Å²) in [4.78, 5) is 0. The molecular weight excluding hydrogens is 122 g/mol. The Morgan fingerprint density at radius 1 is 1.60 bits per heavy atom. The molecule has 0 aromatic rings. The van der Waals surface area contributed by atoms with Gasteiger partial charge >= 0.3 is 0 Å².